The minimum absolute atomic E-state index is 0.00810. The third kappa shape index (κ3) is 6.99. The lowest BCUT2D eigenvalue weighted by Crippen LogP contribution is -2.56. The molecule has 0 aromatic heterocycles. The van der Waals surface area contributed by atoms with Crippen LogP contribution in [0.3, 0.4) is 0 Å². The summed E-state index contributed by atoms with van der Waals surface area (Å²) >= 11 is 0. The number of rotatable bonds is 10. The van der Waals surface area contributed by atoms with Gasteiger partial charge in [-0.3, -0.25) is 0 Å². The summed E-state index contributed by atoms with van der Waals surface area (Å²) in [7, 11) is -3.73. The highest BCUT2D eigenvalue weighted by atomic mass is 28.4. The van der Waals surface area contributed by atoms with Gasteiger partial charge in [0, 0.05) is 6.42 Å². The van der Waals surface area contributed by atoms with E-state index >= 15 is 0 Å². The van der Waals surface area contributed by atoms with Crippen LogP contribution >= 0.6 is 0 Å². The van der Waals surface area contributed by atoms with Gasteiger partial charge in [0.1, 0.15) is 6.10 Å². The molecular formula is C25H46O4Si2. The number of ether oxygens (including phenoxy) is 2. The Labute approximate surface area is 193 Å². The van der Waals surface area contributed by atoms with E-state index in [-0.39, 0.29) is 29.6 Å². The third-order valence-corrected chi connectivity index (χ3v) is 16.6. The summed E-state index contributed by atoms with van der Waals surface area (Å²) < 4.78 is 26.5. The molecule has 0 amide bonds. The van der Waals surface area contributed by atoms with E-state index in [1.807, 2.05) is 6.07 Å². The highest BCUT2D eigenvalue weighted by Crippen LogP contribution is 2.40. The van der Waals surface area contributed by atoms with Crippen LogP contribution in [-0.4, -0.2) is 41.2 Å². The quantitative estimate of drug-likeness (QED) is 0.344. The van der Waals surface area contributed by atoms with E-state index in [9.17, 15) is 0 Å². The van der Waals surface area contributed by atoms with Gasteiger partial charge in [0.15, 0.2) is 22.9 Å². The highest BCUT2D eigenvalue weighted by Gasteiger charge is 2.46. The van der Waals surface area contributed by atoms with Crippen molar-refractivity contribution in [3.63, 3.8) is 0 Å². The van der Waals surface area contributed by atoms with Gasteiger partial charge < -0.3 is 18.3 Å². The van der Waals surface area contributed by atoms with Gasteiger partial charge in [-0.2, -0.15) is 0 Å². The fraction of sp³-hybridized carbons (Fsp3) is 0.760. The van der Waals surface area contributed by atoms with Gasteiger partial charge in [-0.1, -0.05) is 71.9 Å². The van der Waals surface area contributed by atoms with Crippen LogP contribution in [0.1, 0.15) is 60.5 Å². The van der Waals surface area contributed by atoms with Crippen molar-refractivity contribution in [1.82, 2.24) is 0 Å². The molecule has 0 saturated carbocycles. The van der Waals surface area contributed by atoms with Crippen molar-refractivity contribution in [2.45, 2.75) is 122 Å². The molecule has 31 heavy (non-hydrogen) atoms. The van der Waals surface area contributed by atoms with Crippen LogP contribution in [0.2, 0.25) is 36.3 Å². The minimum Gasteiger partial charge on any atom is -0.411 e. The fourth-order valence-corrected chi connectivity index (χ4v) is 8.06. The second kappa shape index (κ2) is 11.1. The first-order valence-electron chi connectivity index (χ1n) is 12.1. The van der Waals surface area contributed by atoms with E-state index in [1.165, 1.54) is 5.56 Å². The van der Waals surface area contributed by atoms with Crippen LogP contribution in [0.25, 0.3) is 0 Å². The maximum absolute atomic E-state index is 7.00. The Balaban J connectivity index is 2.21. The SMILES string of the molecule is CC[Si](CC)(CC)O[C@H]1C[C@@H](O[Si](C)(C)C(C)(C)C)O[C@@H](C)[C@H]1OCc1ccccc1. The van der Waals surface area contributed by atoms with E-state index in [4.69, 9.17) is 18.3 Å². The summed E-state index contributed by atoms with van der Waals surface area (Å²) in [5, 5.41) is 0.144. The van der Waals surface area contributed by atoms with E-state index in [0.717, 1.165) is 24.6 Å². The standard InChI is InChI=1S/C25H46O4Si2/c1-10-31(11-2,12-3)28-22-18-23(29-30(8,9)25(5,6)7)27-20(4)24(22)26-19-21-16-14-13-15-17-21/h13-17,20,22-24H,10-12,18-19H2,1-9H3/t20-,22-,23+,24+/m0/s1. The molecule has 1 aliphatic rings. The second-order valence-electron chi connectivity index (χ2n) is 10.5. The molecule has 1 aromatic carbocycles. The van der Waals surface area contributed by atoms with Gasteiger partial charge in [0.2, 0.25) is 0 Å². The molecular weight excluding hydrogens is 420 g/mol. The summed E-state index contributed by atoms with van der Waals surface area (Å²) in [6, 6.07) is 13.8. The van der Waals surface area contributed by atoms with Crippen LogP contribution in [0.15, 0.2) is 30.3 Å². The molecule has 6 heteroatoms. The van der Waals surface area contributed by atoms with Gasteiger partial charge in [-0.05, 0) is 48.8 Å². The Morgan fingerprint density at radius 1 is 0.968 bits per heavy atom. The zero-order valence-corrected chi connectivity index (χ0v) is 23.4. The molecule has 0 aliphatic carbocycles. The van der Waals surface area contributed by atoms with Crippen LogP contribution in [0.5, 0.6) is 0 Å². The van der Waals surface area contributed by atoms with E-state index < -0.39 is 16.6 Å². The second-order valence-corrected chi connectivity index (χ2v) is 20.0. The molecule has 1 fully saturated rings. The Morgan fingerprint density at radius 3 is 2.06 bits per heavy atom. The normalized spacial score (nSPS) is 25.6. The van der Waals surface area contributed by atoms with Crippen molar-refractivity contribution in [3.05, 3.63) is 35.9 Å². The molecule has 4 nitrogen and oxygen atoms in total. The Morgan fingerprint density at radius 2 is 1.55 bits per heavy atom. The van der Waals surface area contributed by atoms with Gasteiger partial charge in [-0.25, -0.2) is 0 Å². The molecule has 0 N–H and O–H groups in total. The van der Waals surface area contributed by atoms with Crippen molar-refractivity contribution >= 4 is 16.6 Å². The molecule has 1 heterocycles. The Kier molecular flexibility index (Phi) is 9.56. The van der Waals surface area contributed by atoms with Crippen molar-refractivity contribution in [2.24, 2.45) is 0 Å². The monoisotopic (exact) mass is 466 g/mol. The molecule has 0 bridgehead atoms. The fourth-order valence-electron chi connectivity index (χ4n) is 4.03. The lowest BCUT2D eigenvalue weighted by molar-refractivity contribution is -0.231. The molecule has 1 aromatic rings. The maximum Gasteiger partial charge on any atom is 0.195 e. The minimum atomic E-state index is -1.94. The number of benzene rings is 1. The van der Waals surface area contributed by atoms with Gasteiger partial charge in [0.05, 0.1) is 18.8 Å². The first-order chi connectivity index (χ1) is 14.5. The van der Waals surface area contributed by atoms with E-state index in [1.54, 1.807) is 0 Å². The summed E-state index contributed by atoms with van der Waals surface area (Å²) in [4.78, 5) is 0. The lowest BCUT2D eigenvalue weighted by atomic mass is 10.0. The average Bonchev–Trinajstić information content (AvgIpc) is 2.71. The molecule has 0 spiro atoms. The average molecular weight is 467 g/mol. The summed E-state index contributed by atoms with van der Waals surface area (Å²) in [6.45, 7) is 20.9. The predicted octanol–water partition coefficient (Wildman–Crippen LogP) is 7.12. The largest absolute Gasteiger partial charge is 0.411 e. The molecule has 4 atom stereocenters. The Hall–Kier alpha value is -0.506. The smallest absolute Gasteiger partial charge is 0.195 e. The van der Waals surface area contributed by atoms with Crippen LogP contribution in [0.4, 0.5) is 0 Å². The predicted molar refractivity (Wildman–Crippen MR) is 134 cm³/mol. The molecule has 0 radical (unpaired) electrons. The summed E-state index contributed by atoms with van der Waals surface area (Å²) in [5.74, 6) is 0. The zero-order chi connectivity index (χ0) is 23.3. The van der Waals surface area contributed by atoms with Crippen molar-refractivity contribution in [2.75, 3.05) is 0 Å². The van der Waals surface area contributed by atoms with Crippen molar-refractivity contribution in [3.8, 4) is 0 Å². The van der Waals surface area contributed by atoms with Crippen LogP contribution in [-0.2, 0) is 24.9 Å². The van der Waals surface area contributed by atoms with E-state index in [0.29, 0.717) is 6.61 Å². The number of hydrogen-bond donors (Lipinski definition) is 0. The molecule has 2 rings (SSSR count). The first-order valence-corrected chi connectivity index (χ1v) is 17.6. The molecule has 178 valence electrons. The first kappa shape index (κ1) is 26.7. The highest BCUT2D eigenvalue weighted by molar-refractivity contribution is 6.74. The van der Waals surface area contributed by atoms with Crippen LogP contribution in [0, 0.1) is 0 Å². The van der Waals surface area contributed by atoms with Gasteiger partial charge >= 0.3 is 0 Å². The molecule has 1 saturated heterocycles. The maximum atomic E-state index is 7.00. The third-order valence-electron chi connectivity index (χ3n) is 7.47. The topological polar surface area (TPSA) is 36.9 Å². The van der Waals surface area contributed by atoms with Gasteiger partial charge in [-0.15, -0.1) is 0 Å². The van der Waals surface area contributed by atoms with E-state index in [2.05, 4.69) is 85.8 Å². The number of hydrogen-bond acceptors (Lipinski definition) is 4. The van der Waals surface area contributed by atoms with Crippen molar-refractivity contribution < 1.29 is 18.3 Å². The summed E-state index contributed by atoms with van der Waals surface area (Å²) in [6.07, 6.45) is 0.361. The molecule has 1 aliphatic heterocycles. The van der Waals surface area contributed by atoms with Crippen molar-refractivity contribution in [1.29, 1.82) is 0 Å². The molecule has 0 unspecified atom stereocenters. The van der Waals surface area contributed by atoms with Gasteiger partial charge in [0.25, 0.3) is 0 Å². The summed E-state index contributed by atoms with van der Waals surface area (Å²) in [5.41, 5.74) is 1.18. The lowest BCUT2D eigenvalue weighted by Gasteiger charge is -2.47. The zero-order valence-electron chi connectivity index (χ0n) is 21.4. The Bertz CT molecular complexity index is 647. The van der Waals surface area contributed by atoms with Crippen LogP contribution < -0.4 is 0 Å².